The molecular formula is C44H30N2O2S2. The van der Waals surface area contributed by atoms with Crippen molar-refractivity contribution in [2.24, 2.45) is 0 Å². The summed E-state index contributed by atoms with van der Waals surface area (Å²) in [6, 6.07) is 59.0. The average Bonchev–Trinajstić information content (AvgIpc) is 3.91. The first-order valence-corrected chi connectivity index (χ1v) is 18.1. The molecule has 0 N–H and O–H groups in total. The van der Waals surface area contributed by atoms with Crippen molar-refractivity contribution in [1.29, 1.82) is 0 Å². The Hall–Kier alpha value is -6.08. The number of benzene rings is 6. The highest BCUT2D eigenvalue weighted by atomic mass is 32.1. The van der Waals surface area contributed by atoms with E-state index in [0.717, 1.165) is 43.9 Å². The summed E-state index contributed by atoms with van der Waals surface area (Å²) in [5.41, 5.74) is 8.80. The lowest BCUT2D eigenvalue weighted by atomic mass is 10.0. The van der Waals surface area contributed by atoms with Crippen molar-refractivity contribution in [1.82, 2.24) is 0 Å². The summed E-state index contributed by atoms with van der Waals surface area (Å²) in [6.45, 7) is 0. The lowest BCUT2D eigenvalue weighted by molar-refractivity contribution is 0.360. The molecule has 0 aliphatic carbocycles. The van der Waals surface area contributed by atoms with Crippen molar-refractivity contribution in [2.75, 3.05) is 9.80 Å². The molecule has 1 aliphatic rings. The van der Waals surface area contributed by atoms with E-state index in [1.165, 1.54) is 11.1 Å². The molecule has 9 rings (SSSR count). The van der Waals surface area contributed by atoms with Crippen LogP contribution in [-0.4, -0.2) is 0 Å². The number of thiophene rings is 2. The van der Waals surface area contributed by atoms with E-state index in [2.05, 4.69) is 166 Å². The van der Waals surface area contributed by atoms with Gasteiger partial charge in [-0.3, -0.25) is 0 Å². The molecule has 0 radical (unpaired) electrons. The Kier molecular flexibility index (Phi) is 7.85. The Morgan fingerprint density at radius 1 is 0.320 bits per heavy atom. The Balaban J connectivity index is 1.05. The molecule has 6 aromatic carbocycles. The van der Waals surface area contributed by atoms with Gasteiger partial charge in [0.1, 0.15) is 0 Å². The Morgan fingerprint density at radius 3 is 1.16 bits per heavy atom. The second kappa shape index (κ2) is 13.1. The van der Waals surface area contributed by atoms with Crippen LogP contribution >= 0.6 is 22.7 Å². The fourth-order valence-electron chi connectivity index (χ4n) is 6.35. The zero-order valence-corrected chi connectivity index (χ0v) is 28.5. The zero-order chi connectivity index (χ0) is 33.3. The van der Waals surface area contributed by atoms with Gasteiger partial charge in [-0.25, -0.2) is 0 Å². The number of fused-ring (bicyclic) bond motifs is 2. The van der Waals surface area contributed by atoms with Crippen LogP contribution in [0.25, 0.3) is 22.3 Å². The van der Waals surface area contributed by atoms with Crippen LogP contribution in [0.1, 0.15) is 0 Å². The third-order valence-corrected chi connectivity index (χ3v) is 10.4. The standard InChI is InChI=1S/C44H30N2O2S2/c1-3-11-31(12-4-1)33-15-7-17-35(27-33)45(43-19-9-25-49-43)37-21-23-39-41(29-37)47-40-24-22-38(30-42(40)48-39)46(44-20-10-26-50-44)36-18-8-16-34(28-36)32-13-5-2-6-14-32/h1-30H. The Morgan fingerprint density at radius 2 is 0.740 bits per heavy atom. The van der Waals surface area contributed by atoms with E-state index in [9.17, 15) is 0 Å². The van der Waals surface area contributed by atoms with Crippen LogP contribution in [-0.2, 0) is 0 Å². The summed E-state index contributed by atoms with van der Waals surface area (Å²) < 4.78 is 13.1. The predicted octanol–water partition coefficient (Wildman–Crippen LogP) is 14.0. The minimum atomic E-state index is 0.675. The molecule has 3 heterocycles. The zero-order valence-electron chi connectivity index (χ0n) is 26.8. The highest BCUT2D eigenvalue weighted by Gasteiger charge is 2.24. The highest BCUT2D eigenvalue weighted by Crippen LogP contribution is 2.51. The van der Waals surface area contributed by atoms with Crippen LogP contribution in [0.2, 0.25) is 0 Å². The first-order chi connectivity index (χ1) is 24.8. The molecule has 0 saturated heterocycles. The highest BCUT2D eigenvalue weighted by molar-refractivity contribution is 7.14. The van der Waals surface area contributed by atoms with Gasteiger partial charge >= 0.3 is 0 Å². The number of ether oxygens (including phenoxy) is 2. The number of rotatable bonds is 8. The number of anilines is 6. The molecule has 2 aromatic heterocycles. The Labute approximate surface area is 299 Å². The second-order valence-corrected chi connectivity index (χ2v) is 13.7. The van der Waals surface area contributed by atoms with Gasteiger partial charge < -0.3 is 19.3 Å². The van der Waals surface area contributed by atoms with Gasteiger partial charge in [-0.1, -0.05) is 84.9 Å². The fourth-order valence-corrected chi connectivity index (χ4v) is 7.89. The molecule has 6 heteroatoms. The summed E-state index contributed by atoms with van der Waals surface area (Å²) in [7, 11) is 0. The van der Waals surface area contributed by atoms with Crippen LogP contribution in [0.3, 0.4) is 0 Å². The number of hydrogen-bond acceptors (Lipinski definition) is 6. The molecular weight excluding hydrogens is 653 g/mol. The smallest absolute Gasteiger partial charge is 0.172 e. The predicted molar refractivity (Wildman–Crippen MR) is 209 cm³/mol. The van der Waals surface area contributed by atoms with E-state index >= 15 is 0 Å². The van der Waals surface area contributed by atoms with E-state index in [-0.39, 0.29) is 0 Å². The first kappa shape index (κ1) is 30.0. The van der Waals surface area contributed by atoms with Crippen molar-refractivity contribution < 1.29 is 9.47 Å². The minimum absolute atomic E-state index is 0.675. The molecule has 240 valence electrons. The molecule has 0 unspecified atom stereocenters. The summed E-state index contributed by atoms with van der Waals surface area (Å²) >= 11 is 3.40. The molecule has 50 heavy (non-hydrogen) atoms. The van der Waals surface area contributed by atoms with Crippen molar-refractivity contribution in [3.05, 3.63) is 181 Å². The SMILES string of the molecule is c1ccc(-c2cccc(N(c3ccc4c(c3)Oc3ccc(N(c5cccc(-c6ccccc6)c5)c5cccs5)cc3O4)c3cccs3)c2)cc1. The maximum Gasteiger partial charge on any atom is 0.172 e. The molecule has 0 bridgehead atoms. The lowest BCUT2D eigenvalue weighted by Crippen LogP contribution is -2.10. The van der Waals surface area contributed by atoms with Crippen LogP contribution in [0.15, 0.2) is 181 Å². The molecule has 0 saturated carbocycles. The summed E-state index contributed by atoms with van der Waals surface area (Å²) in [4.78, 5) is 4.53. The van der Waals surface area contributed by atoms with Crippen LogP contribution in [0.4, 0.5) is 32.8 Å². The molecule has 4 nitrogen and oxygen atoms in total. The lowest BCUT2D eigenvalue weighted by Gasteiger charge is -2.28. The normalized spacial score (nSPS) is 11.5. The molecule has 0 amide bonds. The van der Waals surface area contributed by atoms with E-state index < -0.39 is 0 Å². The monoisotopic (exact) mass is 682 g/mol. The molecule has 0 fully saturated rings. The topological polar surface area (TPSA) is 24.9 Å². The van der Waals surface area contributed by atoms with Gasteiger partial charge in [-0.15, -0.1) is 22.7 Å². The van der Waals surface area contributed by atoms with Gasteiger partial charge in [0.2, 0.25) is 0 Å². The summed E-state index contributed by atoms with van der Waals surface area (Å²) in [5.74, 6) is 2.70. The maximum atomic E-state index is 6.56. The van der Waals surface area contributed by atoms with E-state index in [4.69, 9.17) is 9.47 Å². The third kappa shape index (κ3) is 5.81. The van der Waals surface area contributed by atoms with Crippen molar-refractivity contribution in [3.8, 4) is 45.3 Å². The fraction of sp³-hybridized carbons (Fsp3) is 0. The van der Waals surface area contributed by atoms with Gasteiger partial charge in [0.15, 0.2) is 23.0 Å². The summed E-state index contributed by atoms with van der Waals surface area (Å²) in [5, 5.41) is 6.43. The van der Waals surface area contributed by atoms with Gasteiger partial charge in [0, 0.05) is 23.5 Å². The van der Waals surface area contributed by atoms with E-state index in [0.29, 0.717) is 23.0 Å². The summed E-state index contributed by atoms with van der Waals surface area (Å²) in [6.07, 6.45) is 0. The minimum Gasteiger partial charge on any atom is -0.449 e. The maximum absolute atomic E-state index is 6.56. The largest absolute Gasteiger partial charge is 0.449 e. The van der Waals surface area contributed by atoms with Crippen molar-refractivity contribution >= 4 is 55.4 Å². The van der Waals surface area contributed by atoms with Crippen LogP contribution < -0.4 is 19.3 Å². The average molecular weight is 683 g/mol. The van der Waals surface area contributed by atoms with Crippen LogP contribution in [0.5, 0.6) is 23.0 Å². The van der Waals surface area contributed by atoms with Crippen LogP contribution in [0, 0.1) is 0 Å². The van der Waals surface area contributed by atoms with E-state index in [1.807, 2.05) is 24.3 Å². The van der Waals surface area contributed by atoms with Gasteiger partial charge in [-0.2, -0.15) is 0 Å². The molecule has 8 aromatic rings. The van der Waals surface area contributed by atoms with Crippen molar-refractivity contribution in [3.63, 3.8) is 0 Å². The van der Waals surface area contributed by atoms with Gasteiger partial charge in [-0.05, 0) is 106 Å². The second-order valence-electron chi connectivity index (χ2n) is 11.9. The van der Waals surface area contributed by atoms with Gasteiger partial charge in [0.05, 0.1) is 21.4 Å². The molecule has 0 atom stereocenters. The van der Waals surface area contributed by atoms with Crippen molar-refractivity contribution in [2.45, 2.75) is 0 Å². The van der Waals surface area contributed by atoms with E-state index in [1.54, 1.807) is 22.7 Å². The Bertz CT molecular complexity index is 2220. The third-order valence-electron chi connectivity index (χ3n) is 8.69. The van der Waals surface area contributed by atoms with Gasteiger partial charge in [0.25, 0.3) is 0 Å². The number of nitrogens with zero attached hydrogens (tertiary/aromatic N) is 2. The molecule has 0 spiro atoms. The number of hydrogen-bond donors (Lipinski definition) is 0. The first-order valence-electron chi connectivity index (χ1n) is 16.4. The quantitative estimate of drug-likeness (QED) is 0.159. The molecule has 1 aliphatic heterocycles.